The van der Waals surface area contributed by atoms with Crippen molar-refractivity contribution in [1.82, 2.24) is 10.6 Å². The lowest BCUT2D eigenvalue weighted by Gasteiger charge is -2.10. The molecule has 0 aliphatic heterocycles. The normalized spacial score (nSPS) is 11.2. The highest BCUT2D eigenvalue weighted by Gasteiger charge is 2.00. The molecule has 0 fully saturated rings. The number of halogens is 3. The second-order valence-corrected chi connectivity index (χ2v) is 5.79. The molecule has 0 saturated heterocycles. The largest absolute Gasteiger partial charge is 0.489 e. The van der Waals surface area contributed by atoms with Crippen LogP contribution in [0.5, 0.6) is 5.75 Å². The Bertz CT molecular complexity index is 613. The van der Waals surface area contributed by atoms with Crippen molar-refractivity contribution >= 4 is 24.8 Å². The SMILES string of the molecule is CC(O)CNCCNCc1cccc(OCc2ccc(F)cc2)c1.Cl.Cl. The maximum Gasteiger partial charge on any atom is 0.123 e. The molecule has 4 nitrogen and oxygen atoms in total. The summed E-state index contributed by atoms with van der Waals surface area (Å²) < 4.78 is 18.6. The molecule has 0 spiro atoms. The van der Waals surface area contributed by atoms with Gasteiger partial charge in [0.15, 0.2) is 0 Å². The molecule has 3 N–H and O–H groups in total. The summed E-state index contributed by atoms with van der Waals surface area (Å²) in [7, 11) is 0. The summed E-state index contributed by atoms with van der Waals surface area (Å²) in [6.45, 7) is 5.18. The van der Waals surface area contributed by atoms with Crippen molar-refractivity contribution in [3.63, 3.8) is 0 Å². The molecule has 0 radical (unpaired) electrons. The quantitative estimate of drug-likeness (QED) is 0.531. The maximum atomic E-state index is 12.9. The standard InChI is InChI=1S/C19H25FN2O2.2ClH/c1-15(23)12-21-9-10-22-13-17-3-2-4-19(11-17)24-14-16-5-7-18(20)8-6-16;;/h2-8,11,15,21-23H,9-10,12-14H2,1H3;2*1H. The first-order chi connectivity index (χ1) is 11.6. The number of benzene rings is 2. The summed E-state index contributed by atoms with van der Waals surface area (Å²) >= 11 is 0. The van der Waals surface area contributed by atoms with Gasteiger partial charge in [0.05, 0.1) is 6.10 Å². The molecule has 0 saturated carbocycles. The van der Waals surface area contributed by atoms with Crippen LogP contribution in [0.3, 0.4) is 0 Å². The Labute approximate surface area is 167 Å². The summed E-state index contributed by atoms with van der Waals surface area (Å²) in [5.74, 6) is 0.556. The van der Waals surface area contributed by atoms with Gasteiger partial charge in [-0.3, -0.25) is 0 Å². The Kier molecular flexibility index (Phi) is 13.1. The molecule has 0 aliphatic carbocycles. The molecule has 0 aliphatic rings. The van der Waals surface area contributed by atoms with E-state index >= 15 is 0 Å². The zero-order valence-corrected chi connectivity index (χ0v) is 16.4. The minimum atomic E-state index is -0.320. The Morgan fingerprint density at radius 3 is 2.38 bits per heavy atom. The van der Waals surface area contributed by atoms with Crippen LogP contribution in [0.25, 0.3) is 0 Å². The van der Waals surface area contributed by atoms with Gasteiger partial charge in [0.1, 0.15) is 18.2 Å². The van der Waals surface area contributed by atoms with Gasteiger partial charge in [0.25, 0.3) is 0 Å². The second-order valence-electron chi connectivity index (χ2n) is 5.79. The first kappa shape index (κ1) is 24.6. The van der Waals surface area contributed by atoms with Crippen LogP contribution in [0, 0.1) is 5.82 Å². The first-order valence-corrected chi connectivity index (χ1v) is 8.19. The molecule has 0 heterocycles. The van der Waals surface area contributed by atoms with Crippen LogP contribution >= 0.6 is 24.8 Å². The number of nitrogens with one attached hydrogen (secondary N) is 2. The third kappa shape index (κ3) is 9.94. The van der Waals surface area contributed by atoms with Gasteiger partial charge in [0.2, 0.25) is 0 Å². The van der Waals surface area contributed by atoms with Crippen LogP contribution in [0.1, 0.15) is 18.1 Å². The van der Waals surface area contributed by atoms with E-state index in [1.165, 1.54) is 12.1 Å². The van der Waals surface area contributed by atoms with Gasteiger partial charge >= 0.3 is 0 Å². The molecule has 146 valence electrons. The molecule has 7 heteroatoms. The topological polar surface area (TPSA) is 53.5 Å². The van der Waals surface area contributed by atoms with Gasteiger partial charge in [-0.25, -0.2) is 4.39 Å². The van der Waals surface area contributed by atoms with Crippen LogP contribution in [-0.2, 0) is 13.2 Å². The fourth-order valence-corrected chi connectivity index (χ4v) is 2.21. The van der Waals surface area contributed by atoms with Crippen molar-refractivity contribution in [2.24, 2.45) is 0 Å². The number of hydrogen-bond acceptors (Lipinski definition) is 4. The fourth-order valence-electron chi connectivity index (χ4n) is 2.21. The van der Waals surface area contributed by atoms with E-state index in [4.69, 9.17) is 9.84 Å². The summed E-state index contributed by atoms with van der Waals surface area (Å²) in [6, 6.07) is 14.2. The third-order valence-electron chi connectivity index (χ3n) is 3.46. The average molecular weight is 405 g/mol. The number of ether oxygens (including phenoxy) is 1. The monoisotopic (exact) mass is 404 g/mol. The predicted octanol–water partition coefficient (Wildman–Crippen LogP) is 3.31. The minimum Gasteiger partial charge on any atom is -0.489 e. The Morgan fingerprint density at radius 2 is 1.69 bits per heavy atom. The highest BCUT2D eigenvalue weighted by Crippen LogP contribution is 2.15. The van der Waals surface area contributed by atoms with Crippen molar-refractivity contribution in [2.45, 2.75) is 26.2 Å². The highest BCUT2D eigenvalue weighted by molar-refractivity contribution is 5.85. The van der Waals surface area contributed by atoms with E-state index in [0.29, 0.717) is 13.2 Å². The molecule has 1 atom stereocenters. The summed E-state index contributed by atoms with van der Waals surface area (Å²) in [5.41, 5.74) is 2.08. The van der Waals surface area contributed by atoms with Gasteiger partial charge in [-0.1, -0.05) is 24.3 Å². The summed E-state index contributed by atoms with van der Waals surface area (Å²) in [4.78, 5) is 0. The van der Waals surface area contributed by atoms with E-state index in [1.807, 2.05) is 24.3 Å². The van der Waals surface area contributed by atoms with Crippen molar-refractivity contribution in [1.29, 1.82) is 0 Å². The van der Waals surface area contributed by atoms with E-state index in [1.54, 1.807) is 19.1 Å². The fraction of sp³-hybridized carbons (Fsp3) is 0.368. The maximum absolute atomic E-state index is 12.9. The highest BCUT2D eigenvalue weighted by atomic mass is 35.5. The van der Waals surface area contributed by atoms with Crippen LogP contribution in [-0.4, -0.2) is 30.8 Å². The van der Waals surface area contributed by atoms with Crippen LogP contribution in [0.2, 0.25) is 0 Å². The van der Waals surface area contributed by atoms with Crippen molar-refractivity contribution in [3.05, 3.63) is 65.5 Å². The van der Waals surface area contributed by atoms with Crippen LogP contribution < -0.4 is 15.4 Å². The van der Waals surface area contributed by atoms with E-state index in [9.17, 15) is 4.39 Å². The number of rotatable bonds is 10. The van der Waals surface area contributed by atoms with Crippen LogP contribution in [0.4, 0.5) is 4.39 Å². The van der Waals surface area contributed by atoms with Crippen molar-refractivity contribution in [2.75, 3.05) is 19.6 Å². The lowest BCUT2D eigenvalue weighted by Crippen LogP contribution is -2.31. The molecule has 0 amide bonds. The first-order valence-electron chi connectivity index (χ1n) is 8.19. The van der Waals surface area contributed by atoms with Gasteiger partial charge in [-0.05, 0) is 42.3 Å². The van der Waals surface area contributed by atoms with Crippen molar-refractivity contribution < 1.29 is 14.2 Å². The molecule has 0 bridgehead atoms. The lowest BCUT2D eigenvalue weighted by atomic mass is 10.2. The van der Waals surface area contributed by atoms with E-state index < -0.39 is 0 Å². The van der Waals surface area contributed by atoms with Gasteiger partial charge in [-0.15, -0.1) is 24.8 Å². The zero-order chi connectivity index (χ0) is 17.2. The molecule has 2 rings (SSSR count). The van der Waals surface area contributed by atoms with Crippen LogP contribution in [0.15, 0.2) is 48.5 Å². The molecular formula is C19H27Cl2FN2O2. The van der Waals surface area contributed by atoms with E-state index in [0.717, 1.165) is 36.5 Å². The predicted molar refractivity (Wildman–Crippen MR) is 108 cm³/mol. The molecule has 1 unspecified atom stereocenters. The van der Waals surface area contributed by atoms with Gasteiger partial charge in [0, 0.05) is 26.2 Å². The summed E-state index contributed by atoms with van der Waals surface area (Å²) in [6.07, 6.45) is -0.320. The molecular weight excluding hydrogens is 378 g/mol. The van der Waals surface area contributed by atoms with Crippen molar-refractivity contribution in [3.8, 4) is 5.75 Å². The third-order valence-corrected chi connectivity index (χ3v) is 3.46. The van der Waals surface area contributed by atoms with Gasteiger partial charge in [-0.2, -0.15) is 0 Å². The smallest absolute Gasteiger partial charge is 0.123 e. The average Bonchev–Trinajstić information content (AvgIpc) is 2.58. The Balaban J connectivity index is 0.00000312. The molecule has 2 aromatic carbocycles. The second kappa shape index (κ2) is 13.8. The molecule has 2 aromatic rings. The van der Waals surface area contributed by atoms with E-state index in [-0.39, 0.29) is 36.7 Å². The molecule has 0 aromatic heterocycles. The van der Waals surface area contributed by atoms with E-state index in [2.05, 4.69) is 10.6 Å². The Morgan fingerprint density at radius 1 is 1.00 bits per heavy atom. The minimum absolute atomic E-state index is 0. The number of hydrogen-bond donors (Lipinski definition) is 3. The Hall–Kier alpha value is -1.37. The van der Waals surface area contributed by atoms with Gasteiger partial charge < -0.3 is 20.5 Å². The number of aliphatic hydroxyl groups is 1. The summed E-state index contributed by atoms with van der Waals surface area (Å²) in [5, 5.41) is 15.7. The zero-order valence-electron chi connectivity index (χ0n) is 14.8. The number of aliphatic hydroxyl groups excluding tert-OH is 1. The lowest BCUT2D eigenvalue weighted by molar-refractivity contribution is 0.191. The molecule has 26 heavy (non-hydrogen) atoms.